The molecule has 150 valence electrons. The number of carbonyl (C=O) groups is 1. The first-order valence-corrected chi connectivity index (χ1v) is 10.8. The molecule has 0 bridgehead atoms. The summed E-state index contributed by atoms with van der Waals surface area (Å²) in [6, 6.07) is 11.7. The lowest BCUT2D eigenvalue weighted by Crippen LogP contribution is -2.39. The molecular formula is C22H24N4O2S. The topological polar surface area (TPSA) is 62.5 Å². The molecule has 3 aromatic rings. The number of nitrogens with zero attached hydrogens (tertiary/aromatic N) is 4. The third-order valence-electron chi connectivity index (χ3n) is 6.28. The molecule has 0 unspecified atom stereocenters. The van der Waals surface area contributed by atoms with Gasteiger partial charge in [0.15, 0.2) is 5.82 Å². The van der Waals surface area contributed by atoms with Crippen molar-refractivity contribution < 1.29 is 9.32 Å². The van der Waals surface area contributed by atoms with E-state index in [0.29, 0.717) is 18.3 Å². The lowest BCUT2D eigenvalue weighted by Gasteiger charge is -2.26. The summed E-state index contributed by atoms with van der Waals surface area (Å²) in [5.41, 5.74) is 1.78. The molecule has 2 atom stereocenters. The molecule has 1 amide bonds. The minimum Gasteiger partial charge on any atom is -0.339 e. The van der Waals surface area contributed by atoms with Crippen LogP contribution in [0.15, 0.2) is 46.3 Å². The molecule has 7 heteroatoms. The number of hydrogen-bond donors (Lipinski definition) is 0. The van der Waals surface area contributed by atoms with Crippen molar-refractivity contribution in [2.24, 2.45) is 5.92 Å². The fraction of sp³-hybridized carbons (Fsp3) is 0.409. The maximum atomic E-state index is 13.1. The first-order chi connectivity index (χ1) is 14.0. The van der Waals surface area contributed by atoms with E-state index in [2.05, 4.69) is 33.4 Å². The van der Waals surface area contributed by atoms with Gasteiger partial charge in [-0.25, -0.2) is 0 Å². The quantitative estimate of drug-likeness (QED) is 0.663. The SMILES string of the molecule is Cc1noc([C@]23CN(Cc4sccc4C)C[C@H]2CN(C(=O)c2ccccc2)C3)n1. The van der Waals surface area contributed by atoms with Gasteiger partial charge in [0.2, 0.25) is 5.89 Å². The molecule has 5 rings (SSSR count). The minimum atomic E-state index is -0.295. The Labute approximate surface area is 174 Å². The van der Waals surface area contributed by atoms with Crippen LogP contribution in [-0.2, 0) is 12.0 Å². The Balaban J connectivity index is 1.42. The number of aromatic nitrogens is 2. The Kier molecular flexibility index (Phi) is 4.52. The summed E-state index contributed by atoms with van der Waals surface area (Å²) in [6.07, 6.45) is 0. The van der Waals surface area contributed by atoms with E-state index in [1.54, 1.807) is 0 Å². The van der Waals surface area contributed by atoms with Crippen molar-refractivity contribution >= 4 is 17.2 Å². The summed E-state index contributed by atoms with van der Waals surface area (Å²) in [4.78, 5) is 23.5. The first-order valence-electron chi connectivity index (χ1n) is 9.95. The molecule has 4 heterocycles. The average molecular weight is 409 g/mol. The second-order valence-electron chi connectivity index (χ2n) is 8.25. The smallest absolute Gasteiger partial charge is 0.253 e. The molecule has 2 aliphatic rings. The number of thiophene rings is 1. The number of rotatable bonds is 4. The average Bonchev–Trinajstić information content (AvgIpc) is 3.47. The van der Waals surface area contributed by atoms with E-state index in [4.69, 9.17) is 4.52 Å². The van der Waals surface area contributed by atoms with Crippen molar-refractivity contribution in [1.82, 2.24) is 19.9 Å². The number of aryl methyl sites for hydroxylation is 2. The number of benzene rings is 1. The predicted molar refractivity (Wildman–Crippen MR) is 111 cm³/mol. The Hall–Kier alpha value is -2.51. The van der Waals surface area contributed by atoms with Crippen LogP contribution in [0, 0.1) is 19.8 Å². The van der Waals surface area contributed by atoms with Crippen molar-refractivity contribution in [3.63, 3.8) is 0 Å². The van der Waals surface area contributed by atoms with Crippen LogP contribution in [0.3, 0.4) is 0 Å². The minimum absolute atomic E-state index is 0.0799. The van der Waals surface area contributed by atoms with Gasteiger partial charge in [0.1, 0.15) is 0 Å². The monoisotopic (exact) mass is 408 g/mol. The lowest BCUT2D eigenvalue weighted by atomic mass is 9.81. The second kappa shape index (κ2) is 7.07. The van der Waals surface area contributed by atoms with Crippen molar-refractivity contribution in [3.05, 3.63) is 69.5 Å². The van der Waals surface area contributed by atoms with E-state index in [0.717, 1.165) is 31.7 Å². The highest BCUT2D eigenvalue weighted by Gasteiger charge is 2.57. The molecule has 2 aliphatic heterocycles. The number of hydrogen-bond acceptors (Lipinski definition) is 6. The number of fused-ring (bicyclic) bond motifs is 1. The van der Waals surface area contributed by atoms with Crippen molar-refractivity contribution in [3.8, 4) is 0 Å². The third kappa shape index (κ3) is 3.18. The molecule has 0 saturated carbocycles. The highest BCUT2D eigenvalue weighted by molar-refractivity contribution is 7.10. The molecule has 0 radical (unpaired) electrons. The Morgan fingerprint density at radius 1 is 1.21 bits per heavy atom. The number of carbonyl (C=O) groups excluding carboxylic acids is 1. The van der Waals surface area contributed by atoms with Crippen molar-refractivity contribution in [1.29, 1.82) is 0 Å². The van der Waals surface area contributed by atoms with E-state index >= 15 is 0 Å². The van der Waals surface area contributed by atoms with Gasteiger partial charge in [-0.05, 0) is 43.0 Å². The molecule has 1 aromatic carbocycles. The highest BCUT2D eigenvalue weighted by Crippen LogP contribution is 2.45. The maximum Gasteiger partial charge on any atom is 0.253 e. The van der Waals surface area contributed by atoms with E-state index < -0.39 is 0 Å². The molecule has 2 saturated heterocycles. The largest absolute Gasteiger partial charge is 0.339 e. The van der Waals surface area contributed by atoms with Crippen LogP contribution in [0.4, 0.5) is 0 Å². The molecule has 6 nitrogen and oxygen atoms in total. The summed E-state index contributed by atoms with van der Waals surface area (Å²) >= 11 is 1.81. The van der Waals surface area contributed by atoms with Gasteiger partial charge >= 0.3 is 0 Å². The lowest BCUT2D eigenvalue weighted by molar-refractivity contribution is 0.0766. The fourth-order valence-corrected chi connectivity index (χ4v) is 5.73. The summed E-state index contributed by atoms with van der Waals surface area (Å²) < 4.78 is 5.67. The first kappa shape index (κ1) is 18.5. The highest BCUT2D eigenvalue weighted by atomic mass is 32.1. The summed E-state index contributed by atoms with van der Waals surface area (Å²) in [7, 11) is 0. The van der Waals surface area contributed by atoms with Crippen LogP contribution < -0.4 is 0 Å². The summed E-state index contributed by atoms with van der Waals surface area (Å²) in [5, 5.41) is 6.21. The predicted octanol–water partition coefficient (Wildman–Crippen LogP) is 3.27. The Morgan fingerprint density at radius 3 is 2.72 bits per heavy atom. The van der Waals surface area contributed by atoms with Gasteiger partial charge in [-0.15, -0.1) is 11.3 Å². The zero-order valence-corrected chi connectivity index (χ0v) is 17.5. The molecule has 0 spiro atoms. The van der Waals surface area contributed by atoms with Crippen LogP contribution in [0.2, 0.25) is 0 Å². The van der Waals surface area contributed by atoms with Crippen LogP contribution in [-0.4, -0.2) is 52.0 Å². The van der Waals surface area contributed by atoms with Crippen LogP contribution in [0.5, 0.6) is 0 Å². The van der Waals surface area contributed by atoms with Gasteiger partial charge in [0.25, 0.3) is 5.91 Å². The zero-order chi connectivity index (χ0) is 20.0. The Bertz CT molecular complexity index is 1030. The van der Waals surface area contributed by atoms with Gasteiger partial charge in [0.05, 0.1) is 5.41 Å². The van der Waals surface area contributed by atoms with Gasteiger partial charge in [-0.3, -0.25) is 9.69 Å². The molecule has 29 heavy (non-hydrogen) atoms. The number of amides is 1. The van der Waals surface area contributed by atoms with Gasteiger partial charge in [-0.1, -0.05) is 23.4 Å². The van der Waals surface area contributed by atoms with Gasteiger partial charge < -0.3 is 9.42 Å². The number of likely N-dealkylation sites (tertiary alicyclic amines) is 2. The van der Waals surface area contributed by atoms with Crippen molar-refractivity contribution in [2.45, 2.75) is 25.8 Å². The van der Waals surface area contributed by atoms with Crippen LogP contribution >= 0.6 is 11.3 Å². The third-order valence-corrected chi connectivity index (χ3v) is 7.28. The Morgan fingerprint density at radius 2 is 2.03 bits per heavy atom. The van der Waals surface area contributed by atoms with E-state index in [1.165, 1.54) is 10.4 Å². The molecule has 0 aliphatic carbocycles. The summed E-state index contributed by atoms with van der Waals surface area (Å²) in [5.74, 6) is 1.69. The second-order valence-corrected chi connectivity index (χ2v) is 9.25. The molecule has 2 aromatic heterocycles. The normalized spacial score (nSPS) is 24.2. The fourth-order valence-electron chi connectivity index (χ4n) is 4.78. The van der Waals surface area contributed by atoms with E-state index in [1.807, 2.05) is 53.5 Å². The van der Waals surface area contributed by atoms with Crippen LogP contribution in [0.1, 0.15) is 32.5 Å². The zero-order valence-electron chi connectivity index (χ0n) is 16.7. The van der Waals surface area contributed by atoms with Gasteiger partial charge in [0, 0.05) is 49.1 Å². The molecule has 2 fully saturated rings. The standard InChI is InChI=1S/C22H24N4O2S/c1-15-8-9-29-19(15)12-25-10-18-11-26(20(27)17-6-4-3-5-7-17)14-22(18,13-25)21-23-16(2)24-28-21/h3-9,18H,10-14H2,1-2H3/t18-,22-/m0/s1. The van der Waals surface area contributed by atoms with Crippen LogP contribution in [0.25, 0.3) is 0 Å². The van der Waals surface area contributed by atoms with E-state index in [9.17, 15) is 4.79 Å². The molecular weight excluding hydrogens is 384 g/mol. The summed E-state index contributed by atoms with van der Waals surface area (Å²) in [6.45, 7) is 8.04. The molecule has 0 N–H and O–H groups in total. The maximum absolute atomic E-state index is 13.1. The van der Waals surface area contributed by atoms with Gasteiger partial charge in [-0.2, -0.15) is 4.98 Å². The van der Waals surface area contributed by atoms with E-state index in [-0.39, 0.29) is 17.2 Å². The van der Waals surface area contributed by atoms with Crippen molar-refractivity contribution in [2.75, 3.05) is 26.2 Å².